The minimum Gasteiger partial charge on any atom is -0.496 e. The lowest BCUT2D eigenvalue weighted by Crippen LogP contribution is -2.24. The molecule has 4 heteroatoms. The number of hydrogen-bond acceptors (Lipinski definition) is 3. The highest BCUT2D eigenvalue weighted by atomic mass is 16.5. The van der Waals surface area contributed by atoms with E-state index < -0.39 is 0 Å². The minimum atomic E-state index is 0.452. The van der Waals surface area contributed by atoms with Crippen LogP contribution in [0.2, 0.25) is 0 Å². The number of rotatable bonds is 6. The minimum absolute atomic E-state index is 0.452. The summed E-state index contributed by atoms with van der Waals surface area (Å²) in [6.07, 6.45) is 3.86. The molecule has 1 aromatic carbocycles. The lowest BCUT2D eigenvalue weighted by Gasteiger charge is -2.13. The second kappa shape index (κ2) is 6.57. The van der Waals surface area contributed by atoms with Gasteiger partial charge in [0, 0.05) is 24.0 Å². The topological polar surface area (TPSA) is 39.1 Å². The molecule has 0 saturated heterocycles. The summed E-state index contributed by atoms with van der Waals surface area (Å²) in [5, 5.41) is 3.40. The fourth-order valence-electron chi connectivity index (χ4n) is 2.16. The Morgan fingerprint density at radius 3 is 2.85 bits per heavy atom. The van der Waals surface area contributed by atoms with Gasteiger partial charge in [-0.1, -0.05) is 31.5 Å². The van der Waals surface area contributed by atoms with Gasteiger partial charge in [-0.25, -0.2) is 4.98 Å². The van der Waals surface area contributed by atoms with E-state index in [0.29, 0.717) is 6.04 Å². The molecular weight excluding hydrogens is 250 g/mol. The zero-order valence-electron chi connectivity index (χ0n) is 12.7. The maximum atomic E-state index is 5.44. The highest BCUT2D eigenvalue weighted by Gasteiger charge is 2.08. The average molecular weight is 273 g/mol. The monoisotopic (exact) mass is 273 g/mol. The van der Waals surface area contributed by atoms with E-state index in [1.165, 1.54) is 11.1 Å². The predicted octanol–water partition coefficient (Wildman–Crippen LogP) is 2.75. The van der Waals surface area contributed by atoms with Gasteiger partial charge in [0.1, 0.15) is 11.6 Å². The summed E-state index contributed by atoms with van der Waals surface area (Å²) >= 11 is 0. The molecule has 2 aromatic rings. The molecule has 1 N–H and O–H groups in total. The lowest BCUT2D eigenvalue weighted by molar-refractivity contribution is 0.407. The third kappa shape index (κ3) is 3.61. The van der Waals surface area contributed by atoms with Crippen LogP contribution in [0, 0.1) is 6.92 Å². The Balaban J connectivity index is 2.18. The Morgan fingerprint density at radius 1 is 1.35 bits per heavy atom. The van der Waals surface area contributed by atoms with Crippen LogP contribution in [0.15, 0.2) is 30.6 Å². The van der Waals surface area contributed by atoms with E-state index in [1.54, 1.807) is 7.11 Å². The molecule has 0 amide bonds. The first-order valence-corrected chi connectivity index (χ1v) is 6.97. The summed E-state index contributed by atoms with van der Waals surface area (Å²) in [5.74, 6) is 1.97. The Morgan fingerprint density at radius 2 is 2.15 bits per heavy atom. The van der Waals surface area contributed by atoms with E-state index in [0.717, 1.165) is 24.7 Å². The summed E-state index contributed by atoms with van der Waals surface area (Å²) in [7, 11) is 1.71. The molecule has 0 radical (unpaired) electrons. The van der Waals surface area contributed by atoms with Crippen molar-refractivity contribution >= 4 is 0 Å². The normalized spacial score (nSPS) is 11.1. The van der Waals surface area contributed by atoms with Crippen molar-refractivity contribution in [1.29, 1.82) is 0 Å². The van der Waals surface area contributed by atoms with Gasteiger partial charge in [0.15, 0.2) is 0 Å². The van der Waals surface area contributed by atoms with Gasteiger partial charge in [-0.15, -0.1) is 0 Å². The maximum absolute atomic E-state index is 5.44. The van der Waals surface area contributed by atoms with Crippen molar-refractivity contribution in [1.82, 2.24) is 14.9 Å². The largest absolute Gasteiger partial charge is 0.496 e. The first-order valence-electron chi connectivity index (χ1n) is 6.97. The van der Waals surface area contributed by atoms with E-state index in [4.69, 9.17) is 4.74 Å². The Bertz CT molecular complexity index is 561. The number of aryl methyl sites for hydroxylation is 1. The van der Waals surface area contributed by atoms with Crippen LogP contribution in [-0.2, 0) is 13.1 Å². The van der Waals surface area contributed by atoms with Crippen molar-refractivity contribution < 1.29 is 4.74 Å². The van der Waals surface area contributed by atoms with Crippen LogP contribution in [0.1, 0.15) is 30.8 Å². The number of methoxy groups -OCH3 is 1. The molecule has 0 fully saturated rings. The number of imidazole rings is 1. The number of aromatic nitrogens is 2. The first kappa shape index (κ1) is 14.6. The molecule has 2 rings (SSSR count). The molecule has 0 aliphatic carbocycles. The van der Waals surface area contributed by atoms with E-state index >= 15 is 0 Å². The third-order valence-corrected chi connectivity index (χ3v) is 3.25. The van der Waals surface area contributed by atoms with Gasteiger partial charge in [-0.2, -0.15) is 0 Å². The van der Waals surface area contributed by atoms with Crippen molar-refractivity contribution in [3.8, 4) is 5.75 Å². The zero-order chi connectivity index (χ0) is 14.5. The summed E-state index contributed by atoms with van der Waals surface area (Å²) in [5.41, 5.74) is 2.42. The third-order valence-electron chi connectivity index (χ3n) is 3.25. The van der Waals surface area contributed by atoms with Gasteiger partial charge in [-0.05, 0) is 13.0 Å². The SMILES string of the molecule is COc1ccc(C)cc1Cn1ccnc1CNC(C)C. The van der Waals surface area contributed by atoms with Gasteiger partial charge in [0.05, 0.1) is 20.2 Å². The number of benzene rings is 1. The van der Waals surface area contributed by atoms with Crippen LogP contribution in [0.25, 0.3) is 0 Å². The number of hydrogen-bond donors (Lipinski definition) is 1. The summed E-state index contributed by atoms with van der Waals surface area (Å²) in [6, 6.07) is 6.71. The van der Waals surface area contributed by atoms with Crippen LogP contribution >= 0.6 is 0 Å². The summed E-state index contributed by atoms with van der Waals surface area (Å²) < 4.78 is 7.60. The zero-order valence-corrected chi connectivity index (χ0v) is 12.7. The van der Waals surface area contributed by atoms with Gasteiger partial charge >= 0.3 is 0 Å². The van der Waals surface area contributed by atoms with E-state index in [-0.39, 0.29) is 0 Å². The number of ether oxygens (including phenoxy) is 1. The highest BCUT2D eigenvalue weighted by molar-refractivity contribution is 5.37. The van der Waals surface area contributed by atoms with Gasteiger partial charge in [-0.3, -0.25) is 0 Å². The molecule has 108 valence electrons. The Labute approximate surface area is 120 Å². The molecule has 0 aliphatic rings. The molecule has 0 aliphatic heterocycles. The van der Waals surface area contributed by atoms with Gasteiger partial charge in [0.25, 0.3) is 0 Å². The standard InChI is InChI=1S/C16H23N3O/c1-12(2)18-10-16-17-7-8-19(16)11-14-9-13(3)5-6-15(14)20-4/h5-9,12,18H,10-11H2,1-4H3. The molecule has 0 bridgehead atoms. The van der Waals surface area contributed by atoms with Crippen LogP contribution in [-0.4, -0.2) is 22.7 Å². The summed E-state index contributed by atoms with van der Waals surface area (Å²) in [6.45, 7) is 7.92. The van der Waals surface area contributed by atoms with Crippen LogP contribution < -0.4 is 10.1 Å². The Hall–Kier alpha value is -1.81. The second-order valence-electron chi connectivity index (χ2n) is 5.32. The molecule has 4 nitrogen and oxygen atoms in total. The number of nitrogens with one attached hydrogen (secondary N) is 1. The lowest BCUT2D eigenvalue weighted by atomic mass is 10.1. The van der Waals surface area contributed by atoms with Crippen molar-refractivity contribution in [2.75, 3.05) is 7.11 Å². The molecule has 0 spiro atoms. The van der Waals surface area contributed by atoms with E-state index in [1.807, 2.05) is 18.5 Å². The Kier molecular flexibility index (Phi) is 4.79. The maximum Gasteiger partial charge on any atom is 0.123 e. The summed E-state index contributed by atoms with van der Waals surface area (Å²) in [4.78, 5) is 4.42. The van der Waals surface area contributed by atoms with Gasteiger partial charge < -0.3 is 14.6 Å². The van der Waals surface area contributed by atoms with Gasteiger partial charge in [0.2, 0.25) is 0 Å². The molecule has 0 atom stereocenters. The predicted molar refractivity (Wildman–Crippen MR) is 81.0 cm³/mol. The van der Waals surface area contributed by atoms with E-state index in [2.05, 4.69) is 47.8 Å². The van der Waals surface area contributed by atoms with Crippen LogP contribution in [0.4, 0.5) is 0 Å². The molecule has 0 saturated carbocycles. The molecule has 1 aromatic heterocycles. The quantitative estimate of drug-likeness (QED) is 0.879. The van der Waals surface area contributed by atoms with E-state index in [9.17, 15) is 0 Å². The molecule has 20 heavy (non-hydrogen) atoms. The van der Waals surface area contributed by atoms with Crippen molar-refractivity contribution in [3.05, 3.63) is 47.5 Å². The smallest absolute Gasteiger partial charge is 0.123 e. The molecule has 1 heterocycles. The fourth-order valence-corrected chi connectivity index (χ4v) is 2.16. The molecular formula is C16H23N3O. The van der Waals surface area contributed by atoms with Crippen molar-refractivity contribution in [3.63, 3.8) is 0 Å². The average Bonchev–Trinajstić information content (AvgIpc) is 2.84. The second-order valence-corrected chi connectivity index (χ2v) is 5.32. The molecule has 0 unspecified atom stereocenters. The van der Waals surface area contributed by atoms with Crippen LogP contribution in [0.3, 0.4) is 0 Å². The number of nitrogens with zero attached hydrogens (tertiary/aromatic N) is 2. The highest BCUT2D eigenvalue weighted by Crippen LogP contribution is 2.21. The fraction of sp³-hybridized carbons (Fsp3) is 0.438. The van der Waals surface area contributed by atoms with Crippen LogP contribution in [0.5, 0.6) is 5.75 Å². The van der Waals surface area contributed by atoms with Crippen molar-refractivity contribution in [2.45, 2.75) is 39.9 Å². The van der Waals surface area contributed by atoms with Crippen molar-refractivity contribution in [2.24, 2.45) is 0 Å². The first-order chi connectivity index (χ1) is 9.60.